The number of hydrogen-bond donors (Lipinski definition) is 1. The smallest absolute Gasteiger partial charge is 0.261 e. The Morgan fingerprint density at radius 1 is 1.26 bits per heavy atom. The van der Waals surface area contributed by atoms with Crippen molar-refractivity contribution in [3.05, 3.63) is 69.7 Å². The van der Waals surface area contributed by atoms with Crippen molar-refractivity contribution in [2.75, 3.05) is 5.32 Å². The molecule has 116 valence electrons. The number of amides is 1. The van der Waals surface area contributed by atoms with Gasteiger partial charge in [-0.1, -0.05) is 29.8 Å². The number of rotatable bonds is 3. The summed E-state index contributed by atoms with van der Waals surface area (Å²) in [5.74, 6) is -0.338. The maximum atomic E-state index is 12.3. The highest BCUT2D eigenvalue weighted by Crippen LogP contribution is 2.22. The highest BCUT2D eigenvalue weighted by atomic mass is 35.5. The standard InChI is InChI=1S/C17H14ClN3O2/c1-11-6-7-15(13(18)8-11)20-16(22)9-21-10-19-14-5-3-2-4-12(14)17(21)23/h2-8,10H,9H2,1H3,(H,20,22). The Labute approximate surface area is 137 Å². The quantitative estimate of drug-likeness (QED) is 0.804. The molecule has 0 saturated heterocycles. The Morgan fingerprint density at radius 3 is 2.83 bits per heavy atom. The van der Waals surface area contributed by atoms with Crippen LogP contribution in [0, 0.1) is 6.92 Å². The number of para-hydroxylation sites is 1. The lowest BCUT2D eigenvalue weighted by Gasteiger charge is -2.09. The van der Waals surface area contributed by atoms with Crippen LogP contribution in [0.25, 0.3) is 10.9 Å². The van der Waals surface area contributed by atoms with Crippen LogP contribution in [0.5, 0.6) is 0 Å². The Bertz CT molecular complexity index is 950. The number of hydrogen-bond acceptors (Lipinski definition) is 3. The Hall–Kier alpha value is -2.66. The first-order valence-corrected chi connectivity index (χ1v) is 7.42. The molecular formula is C17H14ClN3O2. The molecule has 3 aromatic rings. The van der Waals surface area contributed by atoms with E-state index in [1.54, 1.807) is 30.3 Å². The normalized spacial score (nSPS) is 10.7. The molecule has 1 amide bonds. The SMILES string of the molecule is Cc1ccc(NC(=O)Cn2cnc3ccccc3c2=O)c(Cl)c1. The molecule has 23 heavy (non-hydrogen) atoms. The van der Waals surface area contributed by atoms with E-state index in [0.717, 1.165) is 5.56 Å². The van der Waals surface area contributed by atoms with Crippen molar-refractivity contribution < 1.29 is 4.79 Å². The van der Waals surface area contributed by atoms with Crippen molar-refractivity contribution in [3.8, 4) is 0 Å². The van der Waals surface area contributed by atoms with E-state index >= 15 is 0 Å². The van der Waals surface area contributed by atoms with Gasteiger partial charge in [0.2, 0.25) is 5.91 Å². The van der Waals surface area contributed by atoms with Gasteiger partial charge < -0.3 is 5.32 Å². The minimum absolute atomic E-state index is 0.124. The highest BCUT2D eigenvalue weighted by Gasteiger charge is 2.09. The molecule has 1 aromatic heterocycles. The Morgan fingerprint density at radius 2 is 2.04 bits per heavy atom. The Balaban J connectivity index is 1.83. The van der Waals surface area contributed by atoms with Crippen molar-refractivity contribution in [2.45, 2.75) is 13.5 Å². The van der Waals surface area contributed by atoms with Crippen LogP contribution in [0.4, 0.5) is 5.69 Å². The zero-order valence-electron chi connectivity index (χ0n) is 12.4. The van der Waals surface area contributed by atoms with Gasteiger partial charge in [0.25, 0.3) is 5.56 Å². The van der Waals surface area contributed by atoms with Gasteiger partial charge in [-0.2, -0.15) is 0 Å². The van der Waals surface area contributed by atoms with Crippen molar-refractivity contribution in [3.63, 3.8) is 0 Å². The number of nitrogens with one attached hydrogen (secondary N) is 1. The number of benzene rings is 2. The number of carbonyl (C=O) groups excluding carboxylic acids is 1. The molecule has 0 radical (unpaired) electrons. The van der Waals surface area contributed by atoms with Crippen LogP contribution in [0.3, 0.4) is 0 Å². The molecule has 0 fully saturated rings. The first-order chi connectivity index (χ1) is 11.0. The maximum Gasteiger partial charge on any atom is 0.261 e. The highest BCUT2D eigenvalue weighted by molar-refractivity contribution is 6.33. The number of carbonyl (C=O) groups is 1. The lowest BCUT2D eigenvalue weighted by Crippen LogP contribution is -2.28. The van der Waals surface area contributed by atoms with Gasteiger partial charge in [-0.25, -0.2) is 4.98 Å². The lowest BCUT2D eigenvalue weighted by atomic mass is 10.2. The van der Waals surface area contributed by atoms with Crippen molar-refractivity contribution in [1.29, 1.82) is 0 Å². The van der Waals surface area contributed by atoms with Crippen LogP contribution in [-0.2, 0) is 11.3 Å². The summed E-state index contributed by atoms with van der Waals surface area (Å²) in [6, 6.07) is 12.4. The zero-order chi connectivity index (χ0) is 16.4. The van der Waals surface area contributed by atoms with E-state index in [0.29, 0.717) is 21.6 Å². The van der Waals surface area contributed by atoms with Crippen LogP contribution < -0.4 is 10.9 Å². The molecule has 0 aliphatic heterocycles. The summed E-state index contributed by atoms with van der Waals surface area (Å²) in [7, 11) is 0. The van der Waals surface area contributed by atoms with E-state index in [2.05, 4.69) is 10.3 Å². The molecule has 1 N–H and O–H groups in total. The molecule has 0 unspecified atom stereocenters. The fraction of sp³-hybridized carbons (Fsp3) is 0.118. The second-order valence-electron chi connectivity index (χ2n) is 5.23. The van der Waals surface area contributed by atoms with Gasteiger partial charge in [-0.15, -0.1) is 0 Å². The second-order valence-corrected chi connectivity index (χ2v) is 5.63. The number of anilines is 1. The Kier molecular flexibility index (Phi) is 4.12. The molecular weight excluding hydrogens is 314 g/mol. The molecule has 0 aliphatic carbocycles. The summed E-state index contributed by atoms with van der Waals surface area (Å²) in [6.07, 6.45) is 1.38. The van der Waals surface area contributed by atoms with E-state index in [4.69, 9.17) is 11.6 Å². The summed E-state index contributed by atoms with van der Waals surface area (Å²) in [6.45, 7) is 1.79. The lowest BCUT2D eigenvalue weighted by molar-refractivity contribution is -0.116. The number of aromatic nitrogens is 2. The molecule has 2 aromatic carbocycles. The van der Waals surface area contributed by atoms with Crippen molar-refractivity contribution in [2.24, 2.45) is 0 Å². The molecule has 6 heteroatoms. The zero-order valence-corrected chi connectivity index (χ0v) is 13.2. The third-order valence-corrected chi connectivity index (χ3v) is 3.76. The first kappa shape index (κ1) is 15.2. The molecule has 1 heterocycles. The molecule has 0 bridgehead atoms. The van der Waals surface area contributed by atoms with Crippen LogP contribution in [0.15, 0.2) is 53.6 Å². The number of nitrogens with zero attached hydrogens (tertiary/aromatic N) is 2. The van der Waals surface area contributed by atoms with Gasteiger partial charge in [0.05, 0.1) is 27.9 Å². The summed E-state index contributed by atoms with van der Waals surface area (Å²) in [4.78, 5) is 28.7. The van der Waals surface area contributed by atoms with Crippen molar-refractivity contribution >= 4 is 34.1 Å². The van der Waals surface area contributed by atoms with Crippen molar-refractivity contribution in [1.82, 2.24) is 9.55 Å². The number of fused-ring (bicyclic) bond motifs is 1. The van der Waals surface area contributed by atoms with Gasteiger partial charge in [0.15, 0.2) is 0 Å². The predicted molar refractivity (Wildman–Crippen MR) is 90.8 cm³/mol. The van der Waals surface area contributed by atoms with Gasteiger partial charge in [-0.05, 0) is 36.8 Å². The topological polar surface area (TPSA) is 64.0 Å². The largest absolute Gasteiger partial charge is 0.323 e. The second kappa shape index (κ2) is 6.22. The maximum absolute atomic E-state index is 12.3. The molecule has 5 nitrogen and oxygen atoms in total. The summed E-state index contributed by atoms with van der Waals surface area (Å²) in [5.41, 5.74) is 1.88. The van der Waals surface area contributed by atoms with E-state index < -0.39 is 0 Å². The summed E-state index contributed by atoms with van der Waals surface area (Å²) < 4.78 is 1.28. The van der Waals surface area contributed by atoms with E-state index in [-0.39, 0.29) is 18.0 Å². The van der Waals surface area contributed by atoms with Gasteiger partial charge in [-0.3, -0.25) is 14.2 Å². The van der Waals surface area contributed by atoms with Crippen LogP contribution in [-0.4, -0.2) is 15.5 Å². The molecule has 0 aliphatic rings. The summed E-state index contributed by atoms with van der Waals surface area (Å²) in [5, 5.41) is 3.65. The average Bonchev–Trinajstić information content (AvgIpc) is 2.53. The fourth-order valence-electron chi connectivity index (χ4n) is 2.28. The van der Waals surface area contributed by atoms with E-state index in [9.17, 15) is 9.59 Å². The van der Waals surface area contributed by atoms with E-state index in [1.165, 1.54) is 10.9 Å². The number of aryl methyl sites for hydroxylation is 1. The molecule has 3 rings (SSSR count). The minimum atomic E-state index is -0.338. The molecule has 0 atom stereocenters. The molecule has 0 spiro atoms. The number of halogens is 1. The van der Waals surface area contributed by atoms with Gasteiger partial charge in [0, 0.05) is 0 Å². The third kappa shape index (κ3) is 3.24. The van der Waals surface area contributed by atoms with E-state index in [1.807, 2.05) is 19.1 Å². The van der Waals surface area contributed by atoms with Gasteiger partial charge >= 0.3 is 0 Å². The van der Waals surface area contributed by atoms with Crippen LogP contribution in [0.1, 0.15) is 5.56 Å². The predicted octanol–water partition coefficient (Wildman–Crippen LogP) is 3.00. The average molecular weight is 328 g/mol. The fourth-order valence-corrected chi connectivity index (χ4v) is 2.57. The van der Waals surface area contributed by atoms with Crippen LogP contribution >= 0.6 is 11.6 Å². The first-order valence-electron chi connectivity index (χ1n) is 7.05. The monoisotopic (exact) mass is 327 g/mol. The third-order valence-electron chi connectivity index (χ3n) is 3.44. The minimum Gasteiger partial charge on any atom is -0.323 e. The van der Waals surface area contributed by atoms with Gasteiger partial charge in [0.1, 0.15) is 6.54 Å². The van der Waals surface area contributed by atoms with Crippen LogP contribution in [0.2, 0.25) is 5.02 Å². The summed E-state index contributed by atoms with van der Waals surface area (Å²) >= 11 is 6.09. The molecule has 0 saturated carbocycles.